The minimum Gasteiger partial charge on any atom is -0.465 e. The Labute approximate surface area is 238 Å². The fourth-order valence-electron chi connectivity index (χ4n) is 7.23. The summed E-state index contributed by atoms with van der Waals surface area (Å²) in [6.07, 6.45) is 6.44. The summed E-state index contributed by atoms with van der Waals surface area (Å²) in [4.78, 5) is 47.9. The van der Waals surface area contributed by atoms with Gasteiger partial charge >= 0.3 is 5.97 Å². The van der Waals surface area contributed by atoms with Gasteiger partial charge in [-0.2, -0.15) is 0 Å². The standard InChI is InChI=1S/C30H47N3O7/c1-5-7-18-39-28(37)24-23-26(35)33(12-9-8-10-17-34)25(30(23)21-22(3)29(24,4)40-30)27(36)32(11-6-2)14-13-31-15-19-38-20-16-31/h5-6,22-25,34H,1-2,7-21H2,3-4H3/t22?,23-,24-,25?,29+,30?/m0/s1. The Morgan fingerprint density at radius 3 is 2.60 bits per heavy atom. The van der Waals surface area contributed by atoms with E-state index in [1.807, 2.05) is 13.8 Å². The zero-order valence-electron chi connectivity index (χ0n) is 24.2. The highest BCUT2D eigenvalue weighted by atomic mass is 16.6. The van der Waals surface area contributed by atoms with E-state index in [9.17, 15) is 19.5 Å². The van der Waals surface area contributed by atoms with Gasteiger partial charge in [0, 0.05) is 45.9 Å². The summed E-state index contributed by atoms with van der Waals surface area (Å²) in [7, 11) is 0. The molecule has 10 nitrogen and oxygen atoms in total. The third-order valence-corrected chi connectivity index (χ3v) is 9.38. The Bertz CT molecular complexity index is 954. The van der Waals surface area contributed by atoms with Crippen LogP contribution in [0.25, 0.3) is 0 Å². The number of aliphatic hydroxyl groups excluding tert-OH is 1. The maximum absolute atomic E-state index is 14.5. The van der Waals surface area contributed by atoms with Gasteiger partial charge in [0.05, 0.1) is 31.3 Å². The molecule has 224 valence electrons. The number of carbonyl (C=O) groups excluding carboxylic acids is 3. The Morgan fingerprint density at radius 1 is 1.18 bits per heavy atom. The van der Waals surface area contributed by atoms with Crippen LogP contribution in [0.3, 0.4) is 0 Å². The zero-order chi connectivity index (χ0) is 28.9. The van der Waals surface area contributed by atoms with E-state index >= 15 is 0 Å². The van der Waals surface area contributed by atoms with Gasteiger partial charge in [0.2, 0.25) is 11.8 Å². The van der Waals surface area contributed by atoms with Gasteiger partial charge in [-0.25, -0.2) is 0 Å². The number of esters is 1. The van der Waals surface area contributed by atoms with Crippen LogP contribution in [0.4, 0.5) is 0 Å². The topological polar surface area (TPSA) is 109 Å². The van der Waals surface area contributed by atoms with E-state index in [1.165, 1.54) is 0 Å². The van der Waals surface area contributed by atoms with Crippen molar-refractivity contribution in [2.75, 3.05) is 65.7 Å². The van der Waals surface area contributed by atoms with Gasteiger partial charge in [-0.05, 0) is 44.9 Å². The lowest BCUT2D eigenvalue weighted by Gasteiger charge is -2.38. The van der Waals surface area contributed by atoms with Gasteiger partial charge in [0.1, 0.15) is 17.6 Å². The minimum absolute atomic E-state index is 0.0423. The molecule has 0 aromatic heterocycles. The van der Waals surface area contributed by atoms with Gasteiger partial charge in [-0.3, -0.25) is 19.3 Å². The number of nitrogens with zero attached hydrogens (tertiary/aromatic N) is 3. The zero-order valence-corrected chi connectivity index (χ0v) is 24.2. The van der Waals surface area contributed by atoms with E-state index in [4.69, 9.17) is 14.2 Å². The SMILES string of the molecule is C=CCCOC(=O)[C@@H]1[C@H]2C(=O)N(CCCCCO)C(C(=O)N(CC=C)CCN3CCOCC3)C23CC(C)[C@@]1(C)O3. The van der Waals surface area contributed by atoms with Crippen molar-refractivity contribution < 1.29 is 33.7 Å². The Balaban J connectivity index is 1.65. The highest BCUT2D eigenvalue weighted by molar-refractivity contribution is 5.98. The molecule has 4 heterocycles. The van der Waals surface area contributed by atoms with Gasteiger partial charge in [-0.15, -0.1) is 13.2 Å². The normalized spacial score (nSPS) is 33.2. The number of fused-ring (bicyclic) bond motifs is 1. The van der Waals surface area contributed by atoms with E-state index in [1.54, 1.807) is 22.0 Å². The Hall–Kier alpha value is -2.27. The van der Waals surface area contributed by atoms with E-state index in [2.05, 4.69) is 18.1 Å². The molecule has 4 saturated heterocycles. The fraction of sp³-hybridized carbons (Fsp3) is 0.767. The number of morpholine rings is 1. The molecule has 40 heavy (non-hydrogen) atoms. The fourth-order valence-corrected chi connectivity index (χ4v) is 7.23. The first-order valence-electron chi connectivity index (χ1n) is 14.8. The van der Waals surface area contributed by atoms with Crippen LogP contribution < -0.4 is 0 Å². The maximum Gasteiger partial charge on any atom is 0.312 e. The van der Waals surface area contributed by atoms with Crippen molar-refractivity contribution in [1.29, 1.82) is 0 Å². The van der Waals surface area contributed by atoms with Crippen LogP contribution in [0.15, 0.2) is 25.3 Å². The number of amides is 2. The summed E-state index contributed by atoms with van der Waals surface area (Å²) in [6, 6.07) is -0.834. The van der Waals surface area contributed by atoms with Crippen molar-refractivity contribution in [3.05, 3.63) is 25.3 Å². The molecule has 0 aromatic rings. The number of rotatable bonds is 15. The second-order valence-corrected chi connectivity index (χ2v) is 11.8. The van der Waals surface area contributed by atoms with Crippen LogP contribution >= 0.6 is 0 Å². The highest BCUT2D eigenvalue weighted by Gasteiger charge is 2.80. The summed E-state index contributed by atoms with van der Waals surface area (Å²) in [5.41, 5.74) is -2.00. The first kappa shape index (κ1) is 30.7. The smallest absolute Gasteiger partial charge is 0.312 e. The first-order valence-corrected chi connectivity index (χ1v) is 14.8. The predicted molar refractivity (Wildman–Crippen MR) is 149 cm³/mol. The van der Waals surface area contributed by atoms with Gasteiger partial charge in [-0.1, -0.05) is 19.1 Å². The summed E-state index contributed by atoms with van der Waals surface area (Å²) in [5, 5.41) is 9.27. The molecule has 10 heteroatoms. The van der Waals surface area contributed by atoms with Crippen LogP contribution in [-0.4, -0.2) is 121 Å². The third kappa shape index (κ3) is 5.60. The van der Waals surface area contributed by atoms with Crippen LogP contribution in [0, 0.1) is 17.8 Å². The number of likely N-dealkylation sites (tertiary alicyclic amines) is 1. The molecule has 6 atom stereocenters. The molecule has 4 rings (SSSR count). The largest absolute Gasteiger partial charge is 0.465 e. The second kappa shape index (κ2) is 13.1. The summed E-state index contributed by atoms with van der Waals surface area (Å²) < 4.78 is 17.9. The molecule has 4 aliphatic rings. The summed E-state index contributed by atoms with van der Waals surface area (Å²) in [5.74, 6) is -2.42. The first-order chi connectivity index (χ1) is 19.2. The van der Waals surface area contributed by atoms with Crippen LogP contribution in [0.2, 0.25) is 0 Å². The maximum atomic E-state index is 14.5. The molecule has 4 aliphatic heterocycles. The quantitative estimate of drug-likeness (QED) is 0.183. The molecule has 0 aliphatic carbocycles. The van der Waals surface area contributed by atoms with E-state index < -0.39 is 35.0 Å². The van der Waals surface area contributed by atoms with Gasteiger partial charge in [0.15, 0.2) is 0 Å². The molecule has 0 aromatic carbocycles. The molecular weight excluding hydrogens is 514 g/mol. The molecule has 2 amide bonds. The lowest BCUT2D eigenvalue weighted by molar-refractivity contribution is -0.162. The van der Waals surface area contributed by atoms with Gasteiger partial charge in [0.25, 0.3) is 0 Å². The van der Waals surface area contributed by atoms with Crippen LogP contribution in [0.5, 0.6) is 0 Å². The van der Waals surface area contributed by atoms with Gasteiger partial charge < -0.3 is 29.1 Å². The van der Waals surface area contributed by atoms with Crippen LogP contribution in [-0.2, 0) is 28.6 Å². The molecule has 0 saturated carbocycles. The predicted octanol–water partition coefficient (Wildman–Crippen LogP) is 1.63. The number of aliphatic hydroxyl groups is 1. The van der Waals surface area contributed by atoms with Crippen molar-refractivity contribution in [3.63, 3.8) is 0 Å². The number of carbonyl (C=O) groups is 3. The summed E-state index contributed by atoms with van der Waals surface area (Å²) >= 11 is 0. The van der Waals surface area contributed by atoms with Crippen molar-refractivity contribution in [2.24, 2.45) is 17.8 Å². The molecule has 1 N–H and O–H groups in total. The number of hydrogen-bond donors (Lipinski definition) is 1. The van der Waals surface area contributed by atoms with E-state index in [-0.39, 0.29) is 30.9 Å². The Kier molecular flexibility index (Phi) is 10.1. The molecule has 4 fully saturated rings. The third-order valence-electron chi connectivity index (χ3n) is 9.38. The molecule has 3 unspecified atom stereocenters. The monoisotopic (exact) mass is 561 g/mol. The molecule has 1 spiro atoms. The van der Waals surface area contributed by atoms with Crippen LogP contribution in [0.1, 0.15) is 46.0 Å². The molecular formula is C30H47N3O7. The molecule has 0 radical (unpaired) electrons. The minimum atomic E-state index is -1.10. The Morgan fingerprint density at radius 2 is 1.93 bits per heavy atom. The summed E-state index contributed by atoms with van der Waals surface area (Å²) in [6.45, 7) is 16.7. The average Bonchev–Trinajstić information content (AvgIpc) is 3.45. The number of unbranched alkanes of at least 4 members (excludes halogenated alkanes) is 2. The second-order valence-electron chi connectivity index (χ2n) is 11.8. The number of hydrogen-bond acceptors (Lipinski definition) is 8. The number of ether oxygens (including phenoxy) is 3. The average molecular weight is 562 g/mol. The lowest BCUT2D eigenvalue weighted by Crippen LogP contribution is -2.57. The van der Waals surface area contributed by atoms with Crippen molar-refractivity contribution in [1.82, 2.24) is 14.7 Å². The lowest BCUT2D eigenvalue weighted by atomic mass is 9.62. The van der Waals surface area contributed by atoms with E-state index in [0.717, 1.165) is 19.5 Å². The van der Waals surface area contributed by atoms with Crippen molar-refractivity contribution in [2.45, 2.75) is 63.2 Å². The highest BCUT2D eigenvalue weighted by Crippen LogP contribution is 2.65. The van der Waals surface area contributed by atoms with E-state index in [0.29, 0.717) is 65.1 Å². The van der Waals surface area contributed by atoms with Crippen molar-refractivity contribution in [3.8, 4) is 0 Å². The van der Waals surface area contributed by atoms with Crippen molar-refractivity contribution >= 4 is 17.8 Å². The molecule has 2 bridgehead atoms.